The second-order valence-electron chi connectivity index (χ2n) is 10.00. The average Bonchev–Trinajstić information content (AvgIpc) is 2.73. The summed E-state index contributed by atoms with van der Waals surface area (Å²) in [6, 6.07) is 4.45. The van der Waals surface area contributed by atoms with Crippen molar-refractivity contribution >= 4 is 5.97 Å². The maximum Gasteiger partial charge on any atom is 0.416 e. The van der Waals surface area contributed by atoms with Crippen molar-refractivity contribution in [2.75, 3.05) is 0 Å². The van der Waals surface area contributed by atoms with E-state index >= 15 is 0 Å². The van der Waals surface area contributed by atoms with Gasteiger partial charge in [-0.15, -0.1) is 0 Å². The van der Waals surface area contributed by atoms with Gasteiger partial charge in [-0.2, -0.15) is 13.2 Å². The SMILES string of the molecule is CC1CCC(C2CCC3C(CCCC3C(=O)Oc3ccc(C(F)(F)F)cc3)C2)CC1. The molecule has 3 aliphatic carbocycles. The highest BCUT2D eigenvalue weighted by Gasteiger charge is 2.43. The van der Waals surface area contributed by atoms with E-state index in [1.165, 1.54) is 57.1 Å². The van der Waals surface area contributed by atoms with Gasteiger partial charge >= 0.3 is 12.1 Å². The van der Waals surface area contributed by atoms with E-state index in [-0.39, 0.29) is 17.6 Å². The van der Waals surface area contributed by atoms with Gasteiger partial charge < -0.3 is 4.74 Å². The third-order valence-corrected chi connectivity index (χ3v) is 8.12. The Hall–Kier alpha value is -1.52. The fourth-order valence-electron chi connectivity index (χ4n) is 6.38. The second-order valence-corrected chi connectivity index (χ2v) is 10.00. The molecule has 0 aliphatic heterocycles. The molecule has 0 spiro atoms. The molecule has 30 heavy (non-hydrogen) atoms. The Morgan fingerprint density at radius 3 is 2.20 bits per heavy atom. The molecule has 2 nitrogen and oxygen atoms in total. The summed E-state index contributed by atoms with van der Waals surface area (Å²) in [4.78, 5) is 12.9. The molecule has 1 aromatic rings. The van der Waals surface area contributed by atoms with E-state index in [1.807, 2.05) is 0 Å². The molecule has 3 saturated carbocycles. The number of carbonyl (C=O) groups is 1. The lowest BCUT2D eigenvalue weighted by Gasteiger charge is -2.45. The lowest BCUT2D eigenvalue weighted by Crippen LogP contribution is -2.40. The van der Waals surface area contributed by atoms with Gasteiger partial charge in [0.1, 0.15) is 5.75 Å². The van der Waals surface area contributed by atoms with E-state index in [2.05, 4.69) is 6.92 Å². The lowest BCUT2D eigenvalue weighted by atomic mass is 9.59. The van der Waals surface area contributed by atoms with Crippen LogP contribution in [0.25, 0.3) is 0 Å². The Labute approximate surface area is 177 Å². The quantitative estimate of drug-likeness (QED) is 0.378. The average molecular weight is 423 g/mol. The van der Waals surface area contributed by atoms with Gasteiger partial charge in [-0.1, -0.05) is 32.6 Å². The van der Waals surface area contributed by atoms with Gasteiger partial charge in [0.25, 0.3) is 0 Å². The van der Waals surface area contributed by atoms with Crippen LogP contribution in [-0.4, -0.2) is 5.97 Å². The van der Waals surface area contributed by atoms with Crippen molar-refractivity contribution in [3.8, 4) is 5.75 Å². The summed E-state index contributed by atoms with van der Waals surface area (Å²) in [5.41, 5.74) is -0.726. The van der Waals surface area contributed by atoms with Gasteiger partial charge in [0.15, 0.2) is 0 Å². The normalized spacial score (nSPS) is 34.8. The van der Waals surface area contributed by atoms with Crippen LogP contribution in [0.3, 0.4) is 0 Å². The van der Waals surface area contributed by atoms with Crippen LogP contribution in [0.5, 0.6) is 5.75 Å². The van der Waals surface area contributed by atoms with Crippen LogP contribution in [0, 0.1) is 35.5 Å². The minimum Gasteiger partial charge on any atom is -0.426 e. The van der Waals surface area contributed by atoms with Crippen molar-refractivity contribution in [2.24, 2.45) is 35.5 Å². The number of halogens is 3. The van der Waals surface area contributed by atoms with Crippen molar-refractivity contribution in [1.29, 1.82) is 0 Å². The molecule has 0 aromatic heterocycles. The number of carbonyl (C=O) groups excluding carboxylic acids is 1. The van der Waals surface area contributed by atoms with E-state index in [0.29, 0.717) is 11.8 Å². The first-order chi connectivity index (χ1) is 14.3. The smallest absolute Gasteiger partial charge is 0.416 e. The van der Waals surface area contributed by atoms with Crippen molar-refractivity contribution in [3.05, 3.63) is 29.8 Å². The molecule has 1 aromatic carbocycles. The molecule has 0 saturated heterocycles. The van der Waals surface area contributed by atoms with Crippen molar-refractivity contribution < 1.29 is 22.7 Å². The standard InChI is InChI=1S/C25H33F3O2/c1-16-5-7-17(8-6-16)18-9-14-22-19(15-18)3-2-4-23(22)24(29)30-21-12-10-20(11-13-21)25(26,27)28/h10-13,16-19,22-23H,2-9,14-15H2,1H3. The molecule has 4 rings (SSSR count). The van der Waals surface area contributed by atoms with Crippen LogP contribution in [0.2, 0.25) is 0 Å². The van der Waals surface area contributed by atoms with Gasteiger partial charge in [0, 0.05) is 0 Å². The van der Waals surface area contributed by atoms with Crippen LogP contribution in [0.1, 0.15) is 76.7 Å². The highest BCUT2D eigenvalue weighted by molar-refractivity contribution is 5.75. The third kappa shape index (κ3) is 4.86. The molecule has 166 valence electrons. The summed E-state index contributed by atoms with van der Waals surface area (Å²) in [6.07, 6.45) is 7.70. The van der Waals surface area contributed by atoms with Crippen LogP contribution in [0.15, 0.2) is 24.3 Å². The number of benzene rings is 1. The fraction of sp³-hybridized carbons (Fsp3) is 0.720. The van der Waals surface area contributed by atoms with Gasteiger partial charge in [-0.3, -0.25) is 4.79 Å². The minimum atomic E-state index is -4.38. The Morgan fingerprint density at radius 2 is 1.53 bits per heavy atom. The molecule has 0 bridgehead atoms. The fourth-order valence-corrected chi connectivity index (χ4v) is 6.38. The number of hydrogen-bond donors (Lipinski definition) is 0. The highest BCUT2D eigenvalue weighted by atomic mass is 19.4. The zero-order valence-electron chi connectivity index (χ0n) is 17.8. The van der Waals surface area contributed by atoms with Gasteiger partial charge in [-0.05, 0) is 92.4 Å². The molecule has 4 atom stereocenters. The van der Waals surface area contributed by atoms with E-state index in [4.69, 9.17) is 4.74 Å². The predicted octanol–water partition coefficient (Wildman–Crippen LogP) is 7.27. The zero-order valence-corrected chi connectivity index (χ0v) is 17.8. The van der Waals surface area contributed by atoms with Crippen LogP contribution in [-0.2, 0) is 11.0 Å². The molecule has 3 fully saturated rings. The van der Waals surface area contributed by atoms with Gasteiger partial charge in [-0.25, -0.2) is 0 Å². The monoisotopic (exact) mass is 422 g/mol. The maximum absolute atomic E-state index is 12.9. The van der Waals surface area contributed by atoms with Crippen molar-refractivity contribution in [2.45, 2.75) is 77.3 Å². The number of hydrogen-bond acceptors (Lipinski definition) is 2. The molecular formula is C25H33F3O2. The molecule has 3 aliphatic rings. The summed E-state index contributed by atoms with van der Waals surface area (Å²) in [7, 11) is 0. The first-order valence-electron chi connectivity index (χ1n) is 11.7. The number of alkyl halides is 3. The van der Waals surface area contributed by atoms with Crippen LogP contribution in [0.4, 0.5) is 13.2 Å². The minimum absolute atomic E-state index is 0.113. The first-order valence-corrected chi connectivity index (χ1v) is 11.7. The summed E-state index contributed by atoms with van der Waals surface area (Å²) < 4.78 is 43.7. The Kier molecular flexibility index (Phi) is 6.45. The Bertz CT molecular complexity index is 719. The number of esters is 1. The van der Waals surface area contributed by atoms with Gasteiger partial charge in [0.05, 0.1) is 11.5 Å². The van der Waals surface area contributed by atoms with E-state index < -0.39 is 11.7 Å². The molecule has 0 heterocycles. The second kappa shape index (κ2) is 8.92. The van der Waals surface area contributed by atoms with Gasteiger partial charge in [0.2, 0.25) is 0 Å². The Morgan fingerprint density at radius 1 is 0.867 bits per heavy atom. The largest absolute Gasteiger partial charge is 0.426 e. The number of ether oxygens (including phenoxy) is 1. The Balaban J connectivity index is 1.35. The molecule has 4 unspecified atom stereocenters. The highest BCUT2D eigenvalue weighted by Crippen LogP contribution is 2.50. The molecular weight excluding hydrogens is 389 g/mol. The van der Waals surface area contributed by atoms with E-state index in [1.54, 1.807) is 0 Å². The van der Waals surface area contributed by atoms with Crippen LogP contribution >= 0.6 is 0 Å². The zero-order chi connectivity index (χ0) is 21.3. The van der Waals surface area contributed by atoms with Crippen LogP contribution < -0.4 is 4.74 Å². The molecule has 0 radical (unpaired) electrons. The molecule has 0 amide bonds. The lowest BCUT2D eigenvalue weighted by molar-refractivity contribution is -0.144. The summed E-state index contributed by atoms with van der Waals surface area (Å²) in [6.45, 7) is 2.36. The van der Waals surface area contributed by atoms with E-state index in [9.17, 15) is 18.0 Å². The van der Waals surface area contributed by atoms with Crippen molar-refractivity contribution in [3.63, 3.8) is 0 Å². The third-order valence-electron chi connectivity index (χ3n) is 8.12. The van der Waals surface area contributed by atoms with Crippen molar-refractivity contribution in [1.82, 2.24) is 0 Å². The summed E-state index contributed by atoms with van der Waals surface area (Å²) in [5, 5.41) is 0. The summed E-state index contributed by atoms with van der Waals surface area (Å²) >= 11 is 0. The number of fused-ring (bicyclic) bond motifs is 1. The molecule has 0 N–H and O–H groups in total. The number of rotatable bonds is 3. The first kappa shape index (κ1) is 21.7. The predicted molar refractivity (Wildman–Crippen MR) is 110 cm³/mol. The maximum atomic E-state index is 12.9. The topological polar surface area (TPSA) is 26.3 Å². The van der Waals surface area contributed by atoms with E-state index in [0.717, 1.165) is 49.1 Å². The summed E-state index contributed by atoms with van der Waals surface area (Å²) in [5.74, 6) is 3.36. The molecule has 5 heteroatoms.